The summed E-state index contributed by atoms with van der Waals surface area (Å²) in [6, 6.07) is 8.53. The summed E-state index contributed by atoms with van der Waals surface area (Å²) in [5.74, 6) is 2.31. The number of piperidine rings is 1. The lowest BCUT2D eigenvalue weighted by molar-refractivity contribution is -0.274. The van der Waals surface area contributed by atoms with Gasteiger partial charge in [0.05, 0.1) is 0 Å². The molecule has 1 aliphatic heterocycles. The molecule has 0 unspecified atom stereocenters. The van der Waals surface area contributed by atoms with E-state index in [1.54, 1.807) is 12.1 Å². The lowest BCUT2D eigenvalue weighted by Crippen LogP contribution is -2.43. The van der Waals surface area contributed by atoms with Crippen LogP contribution >= 0.6 is 0 Å². The summed E-state index contributed by atoms with van der Waals surface area (Å²) in [6.45, 7) is 2.61. The minimum atomic E-state index is -4.65. The first kappa shape index (κ1) is 19.9. The number of hydrogen-bond acceptors (Lipinski definition) is 5. The maximum atomic E-state index is 12.3. The van der Waals surface area contributed by atoms with Crippen LogP contribution in [0.1, 0.15) is 43.0 Å². The van der Waals surface area contributed by atoms with Crippen LogP contribution in [0.4, 0.5) is 19.0 Å². The van der Waals surface area contributed by atoms with Gasteiger partial charge in [-0.1, -0.05) is 12.1 Å². The number of alkyl halides is 3. The van der Waals surface area contributed by atoms with Gasteiger partial charge < -0.3 is 9.64 Å². The number of nitrogens with zero attached hydrogens (tertiary/aromatic N) is 4. The molecule has 0 amide bonds. The largest absolute Gasteiger partial charge is 0.573 e. The predicted molar refractivity (Wildman–Crippen MR) is 104 cm³/mol. The highest BCUT2D eigenvalue weighted by Gasteiger charge is 2.31. The van der Waals surface area contributed by atoms with E-state index in [-0.39, 0.29) is 5.75 Å². The normalized spacial score (nSPS) is 18.6. The maximum absolute atomic E-state index is 12.3. The monoisotopic (exact) mass is 406 g/mol. The van der Waals surface area contributed by atoms with Crippen molar-refractivity contribution in [2.45, 2.75) is 50.6 Å². The Kier molecular flexibility index (Phi) is 5.63. The fourth-order valence-corrected chi connectivity index (χ4v) is 3.81. The molecular weight excluding hydrogens is 381 g/mol. The zero-order valence-electron chi connectivity index (χ0n) is 16.4. The lowest BCUT2D eigenvalue weighted by atomic mass is 10.0. The Morgan fingerprint density at radius 3 is 2.38 bits per heavy atom. The number of likely N-dealkylation sites (tertiary alicyclic amines) is 1. The molecule has 2 fully saturated rings. The van der Waals surface area contributed by atoms with Crippen molar-refractivity contribution in [1.29, 1.82) is 0 Å². The molecule has 5 nitrogen and oxygen atoms in total. The van der Waals surface area contributed by atoms with E-state index in [0.29, 0.717) is 12.0 Å². The second kappa shape index (κ2) is 8.18. The first-order chi connectivity index (χ1) is 13.9. The molecule has 1 aliphatic carbocycles. The van der Waals surface area contributed by atoms with E-state index in [1.807, 2.05) is 12.3 Å². The quantitative estimate of drug-likeness (QED) is 0.713. The Morgan fingerprint density at radius 2 is 1.76 bits per heavy atom. The van der Waals surface area contributed by atoms with Crippen LogP contribution in [0.25, 0.3) is 0 Å². The Labute approximate surface area is 168 Å². The molecule has 4 rings (SSSR count). The van der Waals surface area contributed by atoms with E-state index >= 15 is 0 Å². The van der Waals surface area contributed by atoms with Crippen molar-refractivity contribution < 1.29 is 17.9 Å². The zero-order chi connectivity index (χ0) is 20.4. The summed E-state index contributed by atoms with van der Waals surface area (Å²) in [5.41, 5.74) is 0.983. The second-order valence-electron chi connectivity index (χ2n) is 7.86. The van der Waals surface area contributed by atoms with Crippen LogP contribution in [-0.2, 0) is 6.54 Å². The number of halogens is 3. The SMILES string of the molecule is CN(c1ccnc(C2CC2)n1)C1CCN(Cc2ccc(OC(F)(F)F)cc2)CC1. The van der Waals surface area contributed by atoms with Crippen molar-refractivity contribution in [3.63, 3.8) is 0 Å². The molecule has 0 atom stereocenters. The van der Waals surface area contributed by atoms with E-state index in [2.05, 4.69) is 26.6 Å². The molecule has 1 saturated carbocycles. The van der Waals surface area contributed by atoms with Crippen molar-refractivity contribution in [2.24, 2.45) is 0 Å². The third kappa shape index (κ3) is 5.38. The van der Waals surface area contributed by atoms with Gasteiger partial charge in [-0.3, -0.25) is 4.90 Å². The van der Waals surface area contributed by atoms with Crippen molar-refractivity contribution >= 4 is 5.82 Å². The highest BCUT2D eigenvalue weighted by molar-refractivity contribution is 5.38. The molecule has 156 valence electrons. The van der Waals surface area contributed by atoms with E-state index in [0.717, 1.165) is 49.7 Å². The van der Waals surface area contributed by atoms with Crippen LogP contribution in [0.2, 0.25) is 0 Å². The Hall–Kier alpha value is -2.35. The number of anilines is 1. The smallest absolute Gasteiger partial charge is 0.406 e. The number of hydrogen-bond donors (Lipinski definition) is 0. The van der Waals surface area contributed by atoms with Crippen LogP contribution < -0.4 is 9.64 Å². The van der Waals surface area contributed by atoms with Crippen LogP contribution in [0.5, 0.6) is 5.75 Å². The fraction of sp³-hybridized carbons (Fsp3) is 0.524. The number of ether oxygens (including phenoxy) is 1. The third-order valence-electron chi connectivity index (χ3n) is 5.63. The Bertz CT molecular complexity index is 815. The highest BCUT2D eigenvalue weighted by atomic mass is 19.4. The molecule has 1 saturated heterocycles. The molecule has 1 aromatic carbocycles. The minimum Gasteiger partial charge on any atom is -0.406 e. The topological polar surface area (TPSA) is 41.5 Å². The van der Waals surface area contributed by atoms with Gasteiger partial charge in [-0.2, -0.15) is 0 Å². The summed E-state index contributed by atoms with van der Waals surface area (Å²) >= 11 is 0. The van der Waals surface area contributed by atoms with Gasteiger partial charge in [0.2, 0.25) is 0 Å². The van der Waals surface area contributed by atoms with Gasteiger partial charge in [0.1, 0.15) is 17.4 Å². The minimum absolute atomic E-state index is 0.183. The molecule has 2 aliphatic rings. The summed E-state index contributed by atoms with van der Waals surface area (Å²) < 4.78 is 40.7. The molecule has 29 heavy (non-hydrogen) atoms. The Morgan fingerprint density at radius 1 is 1.07 bits per heavy atom. The molecule has 2 heterocycles. The summed E-state index contributed by atoms with van der Waals surface area (Å²) in [7, 11) is 2.10. The van der Waals surface area contributed by atoms with E-state index < -0.39 is 6.36 Å². The maximum Gasteiger partial charge on any atom is 0.573 e. The van der Waals surface area contributed by atoms with Gasteiger partial charge in [0.15, 0.2) is 0 Å². The van der Waals surface area contributed by atoms with Gasteiger partial charge in [0, 0.05) is 44.8 Å². The molecule has 8 heteroatoms. The number of rotatable bonds is 6. The predicted octanol–water partition coefficient (Wildman–Crippen LogP) is 4.35. The first-order valence-electron chi connectivity index (χ1n) is 10.0. The van der Waals surface area contributed by atoms with Gasteiger partial charge in [-0.15, -0.1) is 13.2 Å². The first-order valence-corrected chi connectivity index (χ1v) is 10.0. The van der Waals surface area contributed by atoms with Crippen molar-refractivity contribution in [1.82, 2.24) is 14.9 Å². The van der Waals surface area contributed by atoms with E-state index in [1.165, 1.54) is 25.0 Å². The fourth-order valence-electron chi connectivity index (χ4n) is 3.81. The van der Waals surface area contributed by atoms with Gasteiger partial charge >= 0.3 is 6.36 Å². The van der Waals surface area contributed by atoms with E-state index in [4.69, 9.17) is 4.98 Å². The molecule has 1 aromatic heterocycles. The van der Waals surface area contributed by atoms with Crippen molar-refractivity contribution in [3.05, 3.63) is 47.9 Å². The lowest BCUT2D eigenvalue weighted by Gasteiger charge is -2.37. The standard InChI is InChI=1S/C21H25F3N4O/c1-27(19-8-11-25-20(26-19)16-4-5-16)17-9-12-28(13-10-17)14-15-2-6-18(7-3-15)29-21(22,23)24/h2-3,6-8,11,16-17H,4-5,9-10,12-14H2,1H3. The van der Waals surface area contributed by atoms with Gasteiger partial charge in [0.25, 0.3) is 0 Å². The molecule has 0 N–H and O–H groups in total. The third-order valence-corrected chi connectivity index (χ3v) is 5.63. The van der Waals surface area contributed by atoms with Crippen LogP contribution in [-0.4, -0.2) is 47.4 Å². The summed E-state index contributed by atoms with van der Waals surface area (Å²) in [4.78, 5) is 13.7. The summed E-state index contributed by atoms with van der Waals surface area (Å²) in [6.07, 6.45) is 1.62. The van der Waals surface area contributed by atoms with Gasteiger partial charge in [-0.25, -0.2) is 9.97 Å². The average Bonchev–Trinajstić information content (AvgIpc) is 3.54. The highest BCUT2D eigenvalue weighted by Crippen LogP contribution is 2.38. The Balaban J connectivity index is 1.28. The van der Waals surface area contributed by atoms with Crippen molar-refractivity contribution in [2.75, 3.05) is 25.0 Å². The second-order valence-corrected chi connectivity index (χ2v) is 7.86. The molecule has 0 radical (unpaired) electrons. The summed E-state index contributed by atoms with van der Waals surface area (Å²) in [5, 5.41) is 0. The van der Waals surface area contributed by atoms with Gasteiger partial charge in [-0.05, 0) is 49.4 Å². The number of aromatic nitrogens is 2. The van der Waals surface area contributed by atoms with Crippen molar-refractivity contribution in [3.8, 4) is 5.75 Å². The molecule has 2 aromatic rings. The molecule has 0 bridgehead atoms. The number of benzene rings is 1. The van der Waals surface area contributed by atoms with Crippen LogP contribution in [0, 0.1) is 0 Å². The van der Waals surface area contributed by atoms with E-state index in [9.17, 15) is 13.2 Å². The van der Waals surface area contributed by atoms with Crippen LogP contribution in [0.15, 0.2) is 36.5 Å². The zero-order valence-corrected chi connectivity index (χ0v) is 16.4. The molecular formula is C21H25F3N4O. The molecule has 0 spiro atoms. The average molecular weight is 406 g/mol. The van der Waals surface area contributed by atoms with Crippen LogP contribution in [0.3, 0.4) is 0 Å².